The van der Waals surface area contributed by atoms with Crippen molar-refractivity contribution in [2.75, 3.05) is 0 Å². The lowest BCUT2D eigenvalue weighted by Gasteiger charge is -2.40. The Kier molecular flexibility index (Phi) is 4.74. The summed E-state index contributed by atoms with van der Waals surface area (Å²) in [5.41, 5.74) is 13.1. The molecule has 46 heavy (non-hydrogen) atoms. The van der Waals surface area contributed by atoms with Gasteiger partial charge in [-0.05, 0) is 75.8 Å². The largest absolute Gasteiger partial charge is 0.456 e. The topological polar surface area (TPSA) is 18.1 Å². The number of nitrogens with zero attached hydrogens (tertiary/aromatic N) is 1. The van der Waals surface area contributed by atoms with Gasteiger partial charge in [-0.1, -0.05) is 121 Å². The SMILES string of the molecule is c1ccc2c(c1)Sc1c(ccc3c1c1ccccc1n3-c1ccc3oc4ccccc4c3c1)C21c2ccccc2-c2ccccc21. The van der Waals surface area contributed by atoms with E-state index in [1.54, 1.807) is 0 Å². The second-order valence-electron chi connectivity index (χ2n) is 12.4. The molecule has 2 aromatic heterocycles. The Hall–Kier alpha value is -5.51. The van der Waals surface area contributed by atoms with E-state index in [4.69, 9.17) is 4.42 Å². The molecule has 2 nitrogen and oxygen atoms in total. The summed E-state index contributed by atoms with van der Waals surface area (Å²) in [5.74, 6) is 0. The van der Waals surface area contributed by atoms with Crippen LogP contribution in [0.3, 0.4) is 0 Å². The maximum absolute atomic E-state index is 6.21. The molecule has 0 saturated heterocycles. The zero-order valence-electron chi connectivity index (χ0n) is 24.7. The third-order valence-electron chi connectivity index (χ3n) is 10.3. The fourth-order valence-electron chi connectivity index (χ4n) is 8.50. The van der Waals surface area contributed by atoms with E-state index in [1.807, 2.05) is 23.9 Å². The van der Waals surface area contributed by atoms with Gasteiger partial charge in [0.25, 0.3) is 0 Å². The molecular formula is C43H25NOS. The molecule has 0 amide bonds. The van der Waals surface area contributed by atoms with Crippen LogP contribution in [0.25, 0.3) is 60.6 Å². The number of fused-ring (bicyclic) bond motifs is 16. The first-order valence-corrected chi connectivity index (χ1v) is 16.6. The summed E-state index contributed by atoms with van der Waals surface area (Å²) in [7, 11) is 0. The van der Waals surface area contributed by atoms with Crippen LogP contribution in [0.4, 0.5) is 0 Å². The quantitative estimate of drug-likeness (QED) is 0.186. The summed E-state index contributed by atoms with van der Waals surface area (Å²) < 4.78 is 8.65. The molecule has 2 aliphatic rings. The minimum Gasteiger partial charge on any atom is -0.456 e. The van der Waals surface area contributed by atoms with Crippen LogP contribution in [-0.2, 0) is 5.41 Å². The third kappa shape index (κ3) is 2.95. The van der Waals surface area contributed by atoms with Gasteiger partial charge in [0, 0.05) is 37.0 Å². The van der Waals surface area contributed by atoms with Gasteiger partial charge >= 0.3 is 0 Å². The van der Waals surface area contributed by atoms with Gasteiger partial charge in [0.15, 0.2) is 0 Å². The molecule has 9 aromatic rings. The van der Waals surface area contributed by atoms with Crippen molar-refractivity contribution >= 4 is 55.5 Å². The highest BCUT2D eigenvalue weighted by atomic mass is 32.2. The Labute approximate surface area is 269 Å². The first-order chi connectivity index (χ1) is 22.8. The number of aromatic nitrogens is 1. The van der Waals surface area contributed by atoms with E-state index in [-0.39, 0.29) is 0 Å². The average molecular weight is 604 g/mol. The lowest BCUT2D eigenvalue weighted by Crippen LogP contribution is -2.32. The molecule has 1 aliphatic heterocycles. The number of hydrogen-bond acceptors (Lipinski definition) is 2. The molecule has 0 N–H and O–H groups in total. The van der Waals surface area contributed by atoms with Crippen LogP contribution in [-0.4, -0.2) is 4.57 Å². The van der Waals surface area contributed by atoms with Crippen molar-refractivity contribution < 1.29 is 4.42 Å². The van der Waals surface area contributed by atoms with Crippen LogP contribution in [0.1, 0.15) is 22.3 Å². The van der Waals surface area contributed by atoms with Crippen LogP contribution >= 0.6 is 11.8 Å². The van der Waals surface area contributed by atoms with Crippen LogP contribution in [0.5, 0.6) is 0 Å². The number of benzene rings is 7. The molecule has 0 unspecified atom stereocenters. The lowest BCUT2D eigenvalue weighted by molar-refractivity contribution is 0.669. The average Bonchev–Trinajstić information content (AvgIpc) is 3.75. The van der Waals surface area contributed by atoms with E-state index in [0.717, 1.165) is 27.6 Å². The van der Waals surface area contributed by atoms with Gasteiger partial charge in [-0.15, -0.1) is 0 Å². The molecule has 0 bridgehead atoms. The van der Waals surface area contributed by atoms with Crippen LogP contribution < -0.4 is 0 Å². The van der Waals surface area contributed by atoms with E-state index in [0.29, 0.717) is 0 Å². The second kappa shape index (κ2) is 8.81. The summed E-state index contributed by atoms with van der Waals surface area (Å²) >= 11 is 1.92. The first kappa shape index (κ1) is 24.8. The van der Waals surface area contributed by atoms with Crippen molar-refractivity contribution in [2.24, 2.45) is 0 Å². The van der Waals surface area contributed by atoms with E-state index < -0.39 is 5.41 Å². The first-order valence-electron chi connectivity index (χ1n) is 15.8. The van der Waals surface area contributed by atoms with Crippen molar-refractivity contribution in [3.63, 3.8) is 0 Å². The Morgan fingerprint density at radius 1 is 0.478 bits per heavy atom. The highest BCUT2D eigenvalue weighted by molar-refractivity contribution is 7.99. The van der Waals surface area contributed by atoms with E-state index >= 15 is 0 Å². The maximum atomic E-state index is 6.21. The Bertz CT molecular complexity index is 2700. The molecule has 214 valence electrons. The van der Waals surface area contributed by atoms with Crippen molar-refractivity contribution in [1.29, 1.82) is 0 Å². The standard InChI is InChI=1S/C43H25NOS/c1-5-15-32-27(11-1)28-12-2-6-16-33(28)43(32)34-17-7-10-20-40(34)46-42-35(43)22-23-37-41(42)30-14-3-8-18-36(30)44(37)26-21-24-39-31(25-26)29-13-4-9-19-38(29)45-39/h1-25H. The van der Waals surface area contributed by atoms with Gasteiger partial charge in [-0.25, -0.2) is 0 Å². The van der Waals surface area contributed by atoms with Gasteiger partial charge in [0.1, 0.15) is 11.2 Å². The summed E-state index contributed by atoms with van der Waals surface area (Å²) in [6.45, 7) is 0. The molecule has 3 heterocycles. The lowest BCUT2D eigenvalue weighted by atomic mass is 9.67. The van der Waals surface area contributed by atoms with Gasteiger partial charge < -0.3 is 8.98 Å². The normalized spacial score (nSPS) is 14.2. The molecule has 1 aliphatic carbocycles. The second-order valence-corrected chi connectivity index (χ2v) is 13.5. The van der Waals surface area contributed by atoms with E-state index in [9.17, 15) is 0 Å². The fourth-order valence-corrected chi connectivity index (χ4v) is 9.84. The van der Waals surface area contributed by atoms with Crippen molar-refractivity contribution in [1.82, 2.24) is 4.57 Å². The minimum atomic E-state index is -0.392. The van der Waals surface area contributed by atoms with Crippen molar-refractivity contribution in [2.45, 2.75) is 15.2 Å². The van der Waals surface area contributed by atoms with E-state index in [2.05, 4.69) is 144 Å². The molecule has 7 aromatic carbocycles. The number of hydrogen-bond donors (Lipinski definition) is 0. The molecule has 0 atom stereocenters. The Morgan fingerprint density at radius 3 is 1.96 bits per heavy atom. The van der Waals surface area contributed by atoms with Gasteiger partial charge in [-0.2, -0.15) is 0 Å². The summed E-state index contributed by atoms with van der Waals surface area (Å²) in [4.78, 5) is 2.66. The summed E-state index contributed by atoms with van der Waals surface area (Å²) in [6, 6.07) is 55.7. The highest BCUT2D eigenvalue weighted by Gasteiger charge is 2.50. The van der Waals surface area contributed by atoms with Gasteiger partial charge in [0.2, 0.25) is 0 Å². The fraction of sp³-hybridized carbons (Fsp3) is 0.0233. The summed E-state index contributed by atoms with van der Waals surface area (Å²) in [5, 5.41) is 4.86. The van der Waals surface area contributed by atoms with Crippen molar-refractivity contribution in [3.05, 3.63) is 174 Å². The summed E-state index contributed by atoms with van der Waals surface area (Å²) in [6.07, 6.45) is 0. The number of furan rings is 1. The molecule has 11 rings (SSSR count). The van der Waals surface area contributed by atoms with Crippen molar-refractivity contribution in [3.8, 4) is 16.8 Å². The zero-order chi connectivity index (χ0) is 30.0. The van der Waals surface area contributed by atoms with Gasteiger partial charge in [-0.3, -0.25) is 0 Å². The Morgan fingerprint density at radius 2 is 1.13 bits per heavy atom. The molecule has 0 radical (unpaired) electrons. The van der Waals surface area contributed by atoms with Crippen LogP contribution in [0.15, 0.2) is 166 Å². The van der Waals surface area contributed by atoms with Crippen LogP contribution in [0.2, 0.25) is 0 Å². The predicted octanol–water partition coefficient (Wildman–Crippen LogP) is 11.5. The Balaban J connectivity index is 1.27. The minimum absolute atomic E-state index is 0.392. The number of rotatable bonds is 1. The molecule has 3 heteroatoms. The highest BCUT2D eigenvalue weighted by Crippen LogP contribution is 2.63. The molecule has 1 spiro atoms. The molecule has 0 fully saturated rings. The zero-order valence-corrected chi connectivity index (χ0v) is 25.5. The monoisotopic (exact) mass is 603 g/mol. The molecule has 0 saturated carbocycles. The van der Waals surface area contributed by atoms with Gasteiger partial charge in [0.05, 0.1) is 16.4 Å². The van der Waals surface area contributed by atoms with E-state index in [1.165, 1.54) is 65.0 Å². The third-order valence-corrected chi connectivity index (χ3v) is 11.5. The molecular weight excluding hydrogens is 579 g/mol. The maximum Gasteiger partial charge on any atom is 0.135 e. The number of para-hydroxylation sites is 2. The smallest absolute Gasteiger partial charge is 0.135 e. The predicted molar refractivity (Wildman–Crippen MR) is 189 cm³/mol. The van der Waals surface area contributed by atoms with Crippen LogP contribution in [0, 0.1) is 0 Å².